The minimum absolute atomic E-state index is 0.0169. The molecule has 4 heterocycles. The number of aromatic hydroxyl groups is 1. The Labute approximate surface area is 294 Å². The number of nitrogens with zero attached hydrogens (tertiary/aromatic N) is 2. The Kier molecular flexibility index (Phi) is 7.23. The van der Waals surface area contributed by atoms with Gasteiger partial charge in [0.1, 0.15) is 11.5 Å². The molecule has 4 aliphatic heterocycles. The molecule has 4 N–H and O–H groups in total. The molecule has 0 atom stereocenters. The summed E-state index contributed by atoms with van der Waals surface area (Å²) in [6.45, 7) is 22.4. The van der Waals surface area contributed by atoms with Gasteiger partial charge in [-0.2, -0.15) is 0 Å². The molecule has 1 saturated heterocycles. The molecule has 10 heteroatoms. The van der Waals surface area contributed by atoms with E-state index < -0.39 is 44.9 Å². The van der Waals surface area contributed by atoms with Gasteiger partial charge in [-0.15, -0.1) is 0 Å². The third-order valence-corrected chi connectivity index (χ3v) is 12.3. The van der Waals surface area contributed by atoms with E-state index in [4.69, 9.17) is 0 Å². The zero-order valence-electron chi connectivity index (χ0n) is 31.1. The topological polar surface area (TPSA) is 139 Å². The summed E-state index contributed by atoms with van der Waals surface area (Å²) in [4.78, 5) is 59.7. The van der Waals surface area contributed by atoms with Crippen LogP contribution in [0.15, 0.2) is 39.4 Å². The lowest BCUT2D eigenvalue weighted by molar-refractivity contribution is -0.118. The van der Waals surface area contributed by atoms with Gasteiger partial charge in [0.25, 0.3) is 0 Å². The number of aliphatic hydroxyl groups excluding tert-OH is 1. The predicted molar refractivity (Wildman–Crippen MR) is 193 cm³/mol. The summed E-state index contributed by atoms with van der Waals surface area (Å²) in [7, 11) is 0. The molecule has 7 rings (SSSR count). The number of carbonyl (C=O) groups excluding carboxylic acids is 4. The number of phenols is 1. The molecule has 0 saturated carbocycles. The van der Waals surface area contributed by atoms with Crippen LogP contribution in [0, 0.1) is 10.8 Å². The van der Waals surface area contributed by atoms with Crippen LogP contribution in [-0.2, 0) is 30.0 Å². The van der Waals surface area contributed by atoms with E-state index >= 15 is 0 Å². The smallest absolute Gasteiger partial charge is 0.221 e. The first kappa shape index (κ1) is 34.1. The van der Waals surface area contributed by atoms with Gasteiger partial charge in [0.15, 0.2) is 5.78 Å². The van der Waals surface area contributed by atoms with Gasteiger partial charge in [-0.05, 0) is 47.3 Å². The Morgan fingerprint density at radius 1 is 0.620 bits per heavy atom. The summed E-state index contributed by atoms with van der Waals surface area (Å²) in [5.41, 5.74) is 2.98. The Balaban J connectivity index is 1.56. The van der Waals surface area contributed by atoms with Crippen LogP contribution in [0.25, 0.3) is 5.57 Å². The number of rotatable bonds is 3. The lowest BCUT2D eigenvalue weighted by Crippen LogP contribution is -2.50. The molecule has 10 nitrogen and oxygen atoms in total. The first-order valence-electron chi connectivity index (χ1n) is 17.9. The summed E-state index contributed by atoms with van der Waals surface area (Å²) in [6.07, 6.45) is 3.06. The van der Waals surface area contributed by atoms with E-state index in [1.807, 2.05) is 13.8 Å². The number of carbonyl (C=O) groups is 4. The summed E-state index contributed by atoms with van der Waals surface area (Å²) in [5.74, 6) is -2.37. The molecule has 0 spiro atoms. The number of amides is 2. The number of phenolic OH excluding ortho intramolecular Hbond substituents is 1. The molecule has 1 aromatic rings. The number of nitrogens with one attached hydrogen (secondary N) is 2. The lowest BCUT2D eigenvalue weighted by Gasteiger charge is -2.52. The fourth-order valence-electron chi connectivity index (χ4n) is 9.44. The average Bonchev–Trinajstić information content (AvgIpc) is 2.98. The van der Waals surface area contributed by atoms with Crippen molar-refractivity contribution in [1.82, 2.24) is 10.2 Å². The zero-order valence-corrected chi connectivity index (χ0v) is 31.1. The predicted octanol–water partition coefficient (Wildman–Crippen LogP) is 6.06. The largest absolute Gasteiger partial charge is 0.507 e. The second-order valence-corrected chi connectivity index (χ2v) is 17.7. The van der Waals surface area contributed by atoms with Gasteiger partial charge in [-0.1, -0.05) is 55.4 Å². The van der Waals surface area contributed by atoms with Crippen LogP contribution in [0.4, 0.5) is 11.4 Å². The van der Waals surface area contributed by atoms with Gasteiger partial charge in [0.2, 0.25) is 17.6 Å². The Morgan fingerprint density at radius 2 is 1.12 bits per heavy atom. The number of hydrogen-bond acceptors (Lipinski definition) is 8. The van der Waals surface area contributed by atoms with Crippen molar-refractivity contribution in [2.75, 3.05) is 36.4 Å². The van der Waals surface area contributed by atoms with Crippen molar-refractivity contribution in [3.8, 4) is 5.75 Å². The number of hydrogen-bond donors (Lipinski definition) is 4. The third-order valence-electron chi connectivity index (χ3n) is 12.3. The number of allylic oxidation sites excluding steroid dienone is 5. The number of Topliss-reactive ketones (excluding diaryl/α,β-unsaturated/α-hetero) is 2. The van der Waals surface area contributed by atoms with Crippen molar-refractivity contribution in [2.45, 2.75) is 106 Å². The molecule has 0 aromatic heterocycles. The van der Waals surface area contributed by atoms with Crippen molar-refractivity contribution in [1.29, 1.82) is 0 Å². The van der Waals surface area contributed by atoms with Gasteiger partial charge >= 0.3 is 0 Å². The monoisotopic (exact) mass is 682 g/mol. The Bertz CT molecular complexity index is 1980. The van der Waals surface area contributed by atoms with E-state index in [1.165, 1.54) is 13.8 Å². The molecule has 50 heavy (non-hydrogen) atoms. The third kappa shape index (κ3) is 4.58. The quantitative estimate of drug-likeness (QED) is 0.283. The molecule has 1 fully saturated rings. The summed E-state index contributed by atoms with van der Waals surface area (Å²) < 4.78 is 0. The van der Waals surface area contributed by atoms with Crippen LogP contribution in [0.1, 0.15) is 112 Å². The second kappa shape index (κ2) is 10.6. The second-order valence-electron chi connectivity index (χ2n) is 17.7. The fourth-order valence-corrected chi connectivity index (χ4v) is 9.44. The summed E-state index contributed by atoms with van der Waals surface area (Å²) in [6, 6.07) is 0. The van der Waals surface area contributed by atoms with E-state index in [1.54, 1.807) is 0 Å². The van der Waals surface area contributed by atoms with E-state index in [2.05, 4.69) is 62.0 Å². The number of ketones is 2. The van der Waals surface area contributed by atoms with Gasteiger partial charge in [0, 0.05) is 62.3 Å². The first-order chi connectivity index (χ1) is 23.1. The van der Waals surface area contributed by atoms with Gasteiger partial charge in [0.05, 0.1) is 45.1 Å². The summed E-state index contributed by atoms with van der Waals surface area (Å²) in [5, 5.41) is 30.3. The van der Waals surface area contributed by atoms with Crippen molar-refractivity contribution in [3.05, 3.63) is 56.1 Å². The number of aliphatic hydroxyl groups is 1. The van der Waals surface area contributed by atoms with Crippen LogP contribution in [-0.4, -0.2) is 64.7 Å². The highest BCUT2D eigenvalue weighted by atomic mass is 16.3. The van der Waals surface area contributed by atoms with Crippen molar-refractivity contribution in [2.24, 2.45) is 10.8 Å². The van der Waals surface area contributed by atoms with Crippen molar-refractivity contribution in [3.63, 3.8) is 0 Å². The van der Waals surface area contributed by atoms with Crippen LogP contribution in [0.3, 0.4) is 0 Å². The normalized spacial score (nSPS) is 25.6. The average molecular weight is 683 g/mol. The molecule has 1 aromatic carbocycles. The van der Waals surface area contributed by atoms with E-state index in [0.717, 1.165) is 74.4 Å². The number of piperidine rings is 1. The van der Waals surface area contributed by atoms with Crippen molar-refractivity contribution < 1.29 is 29.4 Å². The van der Waals surface area contributed by atoms with E-state index in [9.17, 15) is 29.4 Å². The van der Waals surface area contributed by atoms with E-state index in [-0.39, 0.29) is 39.6 Å². The molecule has 0 unspecified atom stereocenters. The zero-order chi connectivity index (χ0) is 36.6. The van der Waals surface area contributed by atoms with Gasteiger partial charge in [-0.3, -0.25) is 19.2 Å². The molecule has 2 aliphatic carbocycles. The molecule has 0 bridgehead atoms. The van der Waals surface area contributed by atoms with Crippen LogP contribution < -0.4 is 15.5 Å². The lowest BCUT2D eigenvalue weighted by atomic mass is 9.62. The van der Waals surface area contributed by atoms with Gasteiger partial charge in [-0.25, -0.2) is 0 Å². The molecular formula is C40H50N4O6. The molecule has 266 valence electrons. The van der Waals surface area contributed by atoms with Gasteiger partial charge < -0.3 is 30.6 Å². The molecule has 0 radical (unpaired) electrons. The highest BCUT2D eigenvalue weighted by molar-refractivity contribution is 6.43. The van der Waals surface area contributed by atoms with Crippen LogP contribution >= 0.6 is 0 Å². The first-order valence-corrected chi connectivity index (χ1v) is 17.9. The van der Waals surface area contributed by atoms with Crippen LogP contribution in [0.5, 0.6) is 5.75 Å². The minimum Gasteiger partial charge on any atom is -0.507 e. The maximum absolute atomic E-state index is 14.8. The Morgan fingerprint density at radius 3 is 1.66 bits per heavy atom. The number of benzene rings is 1. The highest BCUT2D eigenvalue weighted by Crippen LogP contribution is 2.61. The Hall–Kier alpha value is -4.34. The molecule has 6 aliphatic rings. The summed E-state index contributed by atoms with van der Waals surface area (Å²) >= 11 is 0. The maximum Gasteiger partial charge on any atom is 0.221 e. The standard InChI is InChI=1S/C40H50N4O6/c1-19(45)41-29-21(35(49)27-31-25(29)37(3,4)11-15-43(31)17-13-39(27,7)8)23-33(47)24(34(23)48)22-30(42-20(2)46)26-32-28(36(22)50)40(9,10)14-18-44(32)16-12-38(26,5)6/h47,49H,11-18H2,1-10H3,(H,41,45)(H,42,46)/b24-22+. The maximum atomic E-state index is 14.8. The highest BCUT2D eigenvalue weighted by Gasteiger charge is 2.54. The molecular weight excluding hydrogens is 632 g/mol. The van der Waals surface area contributed by atoms with Crippen LogP contribution in [0.2, 0.25) is 0 Å². The minimum atomic E-state index is -0.620. The SMILES string of the molecule is CC(=O)NC1=C2C3=C(C(=O)/C1=C1/C(=O)C(c4c(O)c5c6c(c4NC(C)=O)C(C)(C)CCN6CCC5(C)C)=C1O)C(C)(C)CCN3CCC2(C)C. The number of anilines is 2. The van der Waals surface area contributed by atoms with E-state index in [0.29, 0.717) is 16.8 Å². The van der Waals surface area contributed by atoms with Crippen molar-refractivity contribution >= 4 is 40.3 Å². The molecule has 2 amide bonds. The fraction of sp³-hybridized carbons (Fsp3) is 0.550.